The average molecular weight is 505 g/mol. The van der Waals surface area contributed by atoms with Crippen molar-refractivity contribution in [3.63, 3.8) is 0 Å². The quantitative estimate of drug-likeness (QED) is 0.287. The van der Waals surface area contributed by atoms with Crippen LogP contribution in [0.3, 0.4) is 0 Å². The van der Waals surface area contributed by atoms with E-state index in [2.05, 4.69) is 10.6 Å². The number of hydrogen-bond donors (Lipinski definition) is 2. The van der Waals surface area contributed by atoms with Gasteiger partial charge < -0.3 is 24.8 Å². The van der Waals surface area contributed by atoms with Crippen molar-refractivity contribution in [1.82, 2.24) is 10.6 Å². The van der Waals surface area contributed by atoms with Gasteiger partial charge in [0.15, 0.2) is 0 Å². The summed E-state index contributed by atoms with van der Waals surface area (Å²) in [4.78, 5) is 49.5. The Bertz CT molecular complexity index is 1150. The van der Waals surface area contributed by atoms with Gasteiger partial charge >= 0.3 is 18.0 Å². The molecule has 0 saturated carbocycles. The van der Waals surface area contributed by atoms with Crippen LogP contribution in [0.5, 0.6) is 0 Å². The Hall–Kier alpha value is -4.66. The summed E-state index contributed by atoms with van der Waals surface area (Å²) < 4.78 is 15.6. The van der Waals surface area contributed by atoms with Crippen molar-refractivity contribution in [1.29, 1.82) is 0 Å². The van der Waals surface area contributed by atoms with E-state index in [0.717, 1.165) is 16.7 Å². The second kappa shape index (κ2) is 14.7. The molecule has 0 fully saturated rings. The predicted octanol–water partition coefficient (Wildman–Crippen LogP) is 3.27. The fourth-order valence-electron chi connectivity index (χ4n) is 3.16. The molecule has 3 aromatic carbocycles. The van der Waals surface area contributed by atoms with Crippen LogP contribution in [0.2, 0.25) is 0 Å². The number of hydrogen-bond acceptors (Lipinski definition) is 7. The van der Waals surface area contributed by atoms with Crippen molar-refractivity contribution in [3.8, 4) is 0 Å². The Kier molecular flexibility index (Phi) is 10.7. The lowest BCUT2D eigenvalue weighted by molar-refractivity contribution is -0.155. The van der Waals surface area contributed by atoms with Crippen molar-refractivity contribution >= 4 is 23.9 Å². The molecule has 3 rings (SSSR count). The Morgan fingerprint density at radius 3 is 1.59 bits per heavy atom. The average Bonchev–Trinajstić information content (AvgIpc) is 2.94. The summed E-state index contributed by atoms with van der Waals surface area (Å²) in [6.45, 7) is -0.436. The summed E-state index contributed by atoms with van der Waals surface area (Å²) in [5.41, 5.74) is 2.31. The lowest BCUT2D eigenvalue weighted by Crippen LogP contribution is -2.47. The van der Waals surface area contributed by atoms with E-state index in [1.807, 2.05) is 42.5 Å². The van der Waals surface area contributed by atoms with Gasteiger partial charge in [-0.2, -0.15) is 0 Å². The zero-order valence-electron chi connectivity index (χ0n) is 20.1. The minimum atomic E-state index is -1.30. The molecule has 2 amide bonds. The number of benzene rings is 3. The second-order valence-corrected chi connectivity index (χ2v) is 7.98. The summed E-state index contributed by atoms with van der Waals surface area (Å²) >= 11 is 0. The zero-order valence-corrected chi connectivity index (χ0v) is 20.1. The predicted molar refractivity (Wildman–Crippen MR) is 134 cm³/mol. The lowest BCUT2D eigenvalue weighted by Gasteiger charge is -2.17. The number of alkyl carbamates (subject to hydrolysis) is 1. The Balaban J connectivity index is 1.51. The molecule has 0 radical (unpaired) electrons. The topological polar surface area (TPSA) is 120 Å². The van der Waals surface area contributed by atoms with E-state index in [9.17, 15) is 19.2 Å². The minimum absolute atomic E-state index is 0.0220. The summed E-state index contributed by atoms with van der Waals surface area (Å²) in [7, 11) is 0. The Morgan fingerprint density at radius 2 is 1.08 bits per heavy atom. The highest BCUT2D eigenvalue weighted by molar-refractivity contribution is 5.89. The van der Waals surface area contributed by atoms with E-state index in [1.54, 1.807) is 48.5 Å². The highest BCUT2D eigenvalue weighted by Crippen LogP contribution is 2.07. The van der Waals surface area contributed by atoms with Crippen LogP contribution in [0.15, 0.2) is 91.0 Å². The second-order valence-electron chi connectivity index (χ2n) is 7.98. The molecule has 0 bridgehead atoms. The standard InChI is InChI=1S/C28H28N2O7/c31-25(17-29-28(34)37-20-23-14-8-3-9-15-23)30-24(27(33)36-19-22-12-6-2-7-13-22)16-26(32)35-18-21-10-4-1-5-11-21/h1-15,24H,16-20H2,(H,29,34)(H,30,31). The SMILES string of the molecule is O=C(CNC(=O)OCc1ccccc1)NC(CC(=O)OCc1ccccc1)C(=O)OCc1ccccc1. The molecule has 3 aromatic rings. The van der Waals surface area contributed by atoms with Crippen molar-refractivity contribution in [2.24, 2.45) is 0 Å². The number of carbonyl (C=O) groups excluding carboxylic acids is 4. The third kappa shape index (κ3) is 10.2. The molecule has 0 heterocycles. The van der Waals surface area contributed by atoms with Gasteiger partial charge in [-0.25, -0.2) is 9.59 Å². The lowest BCUT2D eigenvalue weighted by atomic mass is 10.2. The van der Waals surface area contributed by atoms with Gasteiger partial charge in [0.1, 0.15) is 32.4 Å². The van der Waals surface area contributed by atoms with Crippen LogP contribution in [-0.2, 0) is 48.4 Å². The maximum absolute atomic E-state index is 12.7. The maximum atomic E-state index is 12.7. The monoisotopic (exact) mass is 504 g/mol. The van der Waals surface area contributed by atoms with Crippen molar-refractivity contribution < 1.29 is 33.4 Å². The van der Waals surface area contributed by atoms with E-state index in [-0.39, 0.29) is 19.8 Å². The molecule has 0 saturated heterocycles. The molecule has 192 valence electrons. The first-order chi connectivity index (χ1) is 18.0. The number of nitrogens with one attached hydrogen (secondary N) is 2. The highest BCUT2D eigenvalue weighted by Gasteiger charge is 2.26. The van der Waals surface area contributed by atoms with Gasteiger partial charge in [0.05, 0.1) is 6.42 Å². The van der Waals surface area contributed by atoms with Crippen molar-refractivity contribution in [2.45, 2.75) is 32.3 Å². The molecular formula is C28H28N2O7. The van der Waals surface area contributed by atoms with E-state index in [4.69, 9.17) is 14.2 Å². The molecule has 0 aliphatic rings. The number of carbonyl (C=O) groups is 4. The first kappa shape index (κ1) is 26.9. The van der Waals surface area contributed by atoms with E-state index >= 15 is 0 Å². The van der Waals surface area contributed by atoms with Gasteiger partial charge in [-0.05, 0) is 16.7 Å². The molecule has 1 unspecified atom stereocenters. The first-order valence-electron chi connectivity index (χ1n) is 11.6. The molecule has 0 aliphatic carbocycles. The van der Waals surface area contributed by atoms with Gasteiger partial charge in [-0.1, -0.05) is 91.0 Å². The summed E-state index contributed by atoms with van der Waals surface area (Å²) in [5.74, 6) is -2.20. The van der Waals surface area contributed by atoms with Crippen molar-refractivity contribution in [2.75, 3.05) is 6.54 Å². The number of esters is 2. The van der Waals surface area contributed by atoms with Crippen LogP contribution < -0.4 is 10.6 Å². The van der Waals surface area contributed by atoms with E-state index in [1.165, 1.54) is 0 Å². The normalized spacial score (nSPS) is 11.0. The molecule has 9 nitrogen and oxygen atoms in total. The molecule has 0 spiro atoms. The smallest absolute Gasteiger partial charge is 0.407 e. The number of amides is 2. The third-order valence-corrected chi connectivity index (χ3v) is 5.06. The molecule has 2 N–H and O–H groups in total. The molecule has 1 atom stereocenters. The van der Waals surface area contributed by atoms with Gasteiger partial charge in [0.25, 0.3) is 0 Å². The van der Waals surface area contributed by atoms with Crippen LogP contribution in [0.1, 0.15) is 23.1 Å². The van der Waals surface area contributed by atoms with Crippen LogP contribution in [-0.4, -0.2) is 36.5 Å². The largest absolute Gasteiger partial charge is 0.461 e. The third-order valence-electron chi connectivity index (χ3n) is 5.06. The first-order valence-corrected chi connectivity index (χ1v) is 11.6. The van der Waals surface area contributed by atoms with Gasteiger partial charge in [0.2, 0.25) is 5.91 Å². The number of ether oxygens (including phenoxy) is 3. The zero-order chi connectivity index (χ0) is 26.3. The number of rotatable bonds is 12. The summed E-state index contributed by atoms with van der Waals surface area (Å²) in [6, 6.07) is 25.8. The molecule has 0 aromatic heterocycles. The fraction of sp³-hybridized carbons (Fsp3) is 0.214. The molecule has 0 aliphatic heterocycles. The molecule has 9 heteroatoms. The van der Waals surface area contributed by atoms with Gasteiger partial charge in [0, 0.05) is 0 Å². The highest BCUT2D eigenvalue weighted by atomic mass is 16.6. The summed E-state index contributed by atoms with van der Waals surface area (Å²) in [6.07, 6.45) is -1.24. The van der Waals surface area contributed by atoms with E-state index < -0.39 is 42.9 Å². The Morgan fingerprint density at radius 1 is 0.622 bits per heavy atom. The summed E-state index contributed by atoms with van der Waals surface area (Å²) in [5, 5.41) is 4.74. The molecular weight excluding hydrogens is 476 g/mol. The Labute approximate surface area is 214 Å². The van der Waals surface area contributed by atoms with Crippen LogP contribution in [0.4, 0.5) is 4.79 Å². The maximum Gasteiger partial charge on any atom is 0.407 e. The van der Waals surface area contributed by atoms with Gasteiger partial charge in [-0.15, -0.1) is 0 Å². The fourth-order valence-corrected chi connectivity index (χ4v) is 3.16. The van der Waals surface area contributed by atoms with Crippen LogP contribution in [0.25, 0.3) is 0 Å². The van der Waals surface area contributed by atoms with E-state index in [0.29, 0.717) is 0 Å². The minimum Gasteiger partial charge on any atom is -0.461 e. The van der Waals surface area contributed by atoms with Crippen LogP contribution >= 0.6 is 0 Å². The van der Waals surface area contributed by atoms with Crippen LogP contribution in [0, 0.1) is 0 Å². The van der Waals surface area contributed by atoms with Crippen molar-refractivity contribution in [3.05, 3.63) is 108 Å². The van der Waals surface area contributed by atoms with Gasteiger partial charge in [-0.3, -0.25) is 9.59 Å². The molecule has 37 heavy (non-hydrogen) atoms.